The summed E-state index contributed by atoms with van der Waals surface area (Å²) < 4.78 is 0. The van der Waals surface area contributed by atoms with Gasteiger partial charge in [0, 0.05) is 0 Å². The first kappa shape index (κ1) is 13.0. The van der Waals surface area contributed by atoms with Gasteiger partial charge >= 0.3 is 11.9 Å². The largest absolute Gasteiger partial charge is 0.481 e. The number of hydrogen-bond acceptors (Lipinski definition) is 2. The minimum Gasteiger partial charge on any atom is -0.481 e. The van der Waals surface area contributed by atoms with E-state index in [-0.39, 0.29) is 17.8 Å². The number of carboxylic acid groups (broad SMARTS) is 2. The van der Waals surface area contributed by atoms with Crippen LogP contribution in [0.25, 0.3) is 0 Å². The highest BCUT2D eigenvalue weighted by Crippen LogP contribution is 2.42. The zero-order valence-corrected chi connectivity index (χ0v) is 10.1. The molecule has 2 atom stereocenters. The highest BCUT2D eigenvalue weighted by atomic mass is 16.4. The molecule has 0 aliphatic heterocycles. The van der Waals surface area contributed by atoms with Crippen LogP contribution < -0.4 is 0 Å². The van der Waals surface area contributed by atoms with Crippen LogP contribution in [0.3, 0.4) is 0 Å². The van der Waals surface area contributed by atoms with Crippen LogP contribution in [0.4, 0.5) is 0 Å². The van der Waals surface area contributed by atoms with Crippen LogP contribution in [0.5, 0.6) is 0 Å². The van der Waals surface area contributed by atoms with Gasteiger partial charge in [-0.1, -0.05) is 20.8 Å². The lowest BCUT2D eigenvalue weighted by Gasteiger charge is -2.38. The summed E-state index contributed by atoms with van der Waals surface area (Å²) >= 11 is 0. The Balaban J connectivity index is 2.82. The predicted octanol–water partition coefficient (Wildman–Crippen LogP) is 2.23. The van der Waals surface area contributed by atoms with Gasteiger partial charge in [0.25, 0.3) is 0 Å². The molecule has 0 unspecified atom stereocenters. The normalized spacial score (nSPS) is 31.1. The third-order valence-electron chi connectivity index (χ3n) is 3.63. The Morgan fingerprint density at radius 2 is 1.31 bits per heavy atom. The van der Waals surface area contributed by atoms with Crippen LogP contribution >= 0.6 is 0 Å². The summed E-state index contributed by atoms with van der Waals surface area (Å²) in [6, 6.07) is 0. The fraction of sp³-hybridized carbons (Fsp3) is 0.833. The lowest BCUT2D eigenvalue weighted by Crippen LogP contribution is -2.36. The Kier molecular flexibility index (Phi) is 3.61. The number of carboxylic acids is 2. The molecule has 4 heteroatoms. The lowest BCUT2D eigenvalue weighted by molar-refractivity contribution is -0.150. The summed E-state index contributed by atoms with van der Waals surface area (Å²) in [4.78, 5) is 22.0. The molecule has 0 aromatic rings. The SMILES string of the molecule is CC(C)(C)C1C[C@H](C(=O)O)C[C@@H](C(=O)O)C1. The van der Waals surface area contributed by atoms with Crippen LogP contribution in [-0.4, -0.2) is 22.2 Å². The fourth-order valence-electron chi connectivity index (χ4n) is 2.43. The molecule has 0 bridgehead atoms. The van der Waals surface area contributed by atoms with Crippen LogP contribution in [0.1, 0.15) is 40.0 Å². The van der Waals surface area contributed by atoms with E-state index in [2.05, 4.69) is 0 Å². The highest BCUT2D eigenvalue weighted by Gasteiger charge is 2.40. The van der Waals surface area contributed by atoms with Crippen molar-refractivity contribution in [1.82, 2.24) is 0 Å². The highest BCUT2D eigenvalue weighted by molar-refractivity contribution is 5.74. The van der Waals surface area contributed by atoms with E-state index in [0.717, 1.165) is 0 Å². The molecule has 4 nitrogen and oxygen atoms in total. The van der Waals surface area contributed by atoms with Crippen molar-refractivity contribution in [2.45, 2.75) is 40.0 Å². The molecule has 2 N–H and O–H groups in total. The van der Waals surface area contributed by atoms with Crippen molar-refractivity contribution in [1.29, 1.82) is 0 Å². The van der Waals surface area contributed by atoms with E-state index in [1.807, 2.05) is 20.8 Å². The van der Waals surface area contributed by atoms with Crippen molar-refractivity contribution in [3.8, 4) is 0 Å². The quantitative estimate of drug-likeness (QED) is 0.760. The summed E-state index contributed by atoms with van der Waals surface area (Å²) in [6.07, 6.45) is 1.47. The molecule has 0 amide bonds. The van der Waals surface area contributed by atoms with Gasteiger partial charge in [0.1, 0.15) is 0 Å². The van der Waals surface area contributed by atoms with Gasteiger partial charge in [-0.3, -0.25) is 9.59 Å². The molecule has 0 spiro atoms. The fourth-order valence-corrected chi connectivity index (χ4v) is 2.43. The third kappa shape index (κ3) is 2.97. The average Bonchev–Trinajstić information content (AvgIpc) is 2.15. The van der Waals surface area contributed by atoms with E-state index < -0.39 is 23.8 Å². The molecule has 1 aliphatic carbocycles. The van der Waals surface area contributed by atoms with E-state index in [9.17, 15) is 9.59 Å². The third-order valence-corrected chi connectivity index (χ3v) is 3.63. The van der Waals surface area contributed by atoms with E-state index >= 15 is 0 Å². The standard InChI is InChI=1S/C12H20O4/c1-12(2,3)9-5-7(10(13)14)4-8(6-9)11(15)16/h7-9H,4-6H2,1-3H3,(H,13,14)(H,15,16)/t7-,8-/m1/s1. The molecular weight excluding hydrogens is 208 g/mol. The number of carbonyl (C=O) groups is 2. The smallest absolute Gasteiger partial charge is 0.306 e. The molecular formula is C12H20O4. The second kappa shape index (κ2) is 4.44. The predicted molar refractivity (Wildman–Crippen MR) is 59.0 cm³/mol. The monoisotopic (exact) mass is 228 g/mol. The maximum absolute atomic E-state index is 11.0. The summed E-state index contributed by atoms with van der Waals surface area (Å²) in [5.74, 6) is -2.55. The van der Waals surface area contributed by atoms with Gasteiger partial charge in [0.05, 0.1) is 11.8 Å². The topological polar surface area (TPSA) is 74.6 Å². The van der Waals surface area contributed by atoms with Gasteiger partial charge in [-0.25, -0.2) is 0 Å². The van der Waals surface area contributed by atoms with Crippen molar-refractivity contribution >= 4 is 11.9 Å². The van der Waals surface area contributed by atoms with Crippen molar-refractivity contribution < 1.29 is 19.8 Å². The summed E-state index contributed by atoms with van der Waals surface area (Å²) in [6.45, 7) is 6.13. The van der Waals surface area contributed by atoms with Gasteiger partial charge in [0.15, 0.2) is 0 Å². The first-order valence-electron chi connectivity index (χ1n) is 5.67. The van der Waals surface area contributed by atoms with Crippen LogP contribution in [-0.2, 0) is 9.59 Å². The van der Waals surface area contributed by atoms with E-state index in [1.165, 1.54) is 0 Å². The molecule has 1 saturated carbocycles. The summed E-state index contributed by atoms with van der Waals surface area (Å²) in [7, 11) is 0. The van der Waals surface area contributed by atoms with E-state index in [4.69, 9.17) is 10.2 Å². The maximum Gasteiger partial charge on any atom is 0.306 e. The molecule has 1 aliphatic rings. The minimum absolute atomic E-state index is 0.0260. The van der Waals surface area contributed by atoms with Crippen molar-refractivity contribution in [2.24, 2.45) is 23.2 Å². The van der Waals surface area contributed by atoms with Gasteiger partial charge in [-0.15, -0.1) is 0 Å². The van der Waals surface area contributed by atoms with Crippen molar-refractivity contribution in [3.05, 3.63) is 0 Å². The van der Waals surface area contributed by atoms with Crippen molar-refractivity contribution in [3.63, 3.8) is 0 Å². The Labute approximate surface area is 95.7 Å². The Hall–Kier alpha value is -1.06. The van der Waals surface area contributed by atoms with Crippen LogP contribution in [0, 0.1) is 23.2 Å². The number of hydrogen-bond donors (Lipinski definition) is 2. The second-order valence-electron chi connectivity index (χ2n) is 5.84. The lowest BCUT2D eigenvalue weighted by atomic mass is 9.66. The first-order valence-corrected chi connectivity index (χ1v) is 5.67. The molecule has 1 fully saturated rings. The van der Waals surface area contributed by atoms with Gasteiger partial charge in [0.2, 0.25) is 0 Å². The Morgan fingerprint density at radius 3 is 1.56 bits per heavy atom. The zero-order valence-electron chi connectivity index (χ0n) is 10.1. The number of aliphatic carboxylic acids is 2. The van der Waals surface area contributed by atoms with Crippen LogP contribution in [0.15, 0.2) is 0 Å². The zero-order chi connectivity index (χ0) is 12.5. The van der Waals surface area contributed by atoms with Gasteiger partial charge < -0.3 is 10.2 Å². The maximum atomic E-state index is 11.0. The molecule has 0 aromatic carbocycles. The second-order valence-corrected chi connectivity index (χ2v) is 5.84. The molecule has 0 saturated heterocycles. The molecule has 0 aromatic heterocycles. The summed E-state index contributed by atoms with van der Waals surface area (Å²) in [5.41, 5.74) is -0.0260. The molecule has 92 valence electrons. The average molecular weight is 228 g/mol. The van der Waals surface area contributed by atoms with Crippen LogP contribution in [0.2, 0.25) is 0 Å². The van der Waals surface area contributed by atoms with Crippen molar-refractivity contribution in [2.75, 3.05) is 0 Å². The molecule has 16 heavy (non-hydrogen) atoms. The first-order chi connectivity index (χ1) is 7.21. The van der Waals surface area contributed by atoms with Gasteiger partial charge in [-0.05, 0) is 30.6 Å². The Bertz CT molecular complexity index is 268. The number of rotatable bonds is 2. The molecule has 0 heterocycles. The Morgan fingerprint density at radius 1 is 0.938 bits per heavy atom. The molecule has 0 radical (unpaired) electrons. The molecule has 1 rings (SSSR count). The summed E-state index contributed by atoms with van der Waals surface area (Å²) in [5, 5.41) is 18.1. The minimum atomic E-state index is -0.861. The van der Waals surface area contributed by atoms with Gasteiger partial charge in [-0.2, -0.15) is 0 Å². The van der Waals surface area contributed by atoms with E-state index in [1.54, 1.807) is 0 Å². The van der Waals surface area contributed by atoms with E-state index in [0.29, 0.717) is 12.8 Å².